The number of hydrogen-bond acceptors (Lipinski definition) is 5. The zero-order chi connectivity index (χ0) is 22.8. The highest BCUT2D eigenvalue weighted by atomic mass is 19.1. The van der Waals surface area contributed by atoms with E-state index in [-0.39, 0.29) is 34.2 Å². The van der Waals surface area contributed by atoms with Crippen molar-refractivity contribution in [2.75, 3.05) is 5.32 Å². The van der Waals surface area contributed by atoms with E-state index in [1.54, 1.807) is 0 Å². The van der Waals surface area contributed by atoms with E-state index in [0.29, 0.717) is 24.4 Å². The van der Waals surface area contributed by atoms with Crippen molar-refractivity contribution >= 4 is 17.5 Å². The summed E-state index contributed by atoms with van der Waals surface area (Å²) in [5, 5.41) is 5.56. The van der Waals surface area contributed by atoms with E-state index < -0.39 is 23.6 Å². The molecule has 164 valence electrons. The van der Waals surface area contributed by atoms with Gasteiger partial charge in [0.2, 0.25) is 5.91 Å². The van der Waals surface area contributed by atoms with Crippen LogP contribution in [0, 0.1) is 11.6 Å². The number of nitrogens with one attached hydrogen (secondary N) is 2. The molecule has 3 aromatic rings. The summed E-state index contributed by atoms with van der Waals surface area (Å²) in [7, 11) is 0. The molecule has 1 aliphatic heterocycles. The first-order valence-corrected chi connectivity index (χ1v) is 10.2. The second-order valence-corrected chi connectivity index (χ2v) is 7.84. The molecule has 0 saturated carbocycles. The fraction of sp³-hybridized carbons (Fsp3) is 0.261. The highest BCUT2D eigenvalue weighted by Crippen LogP contribution is 2.37. The largest absolute Gasteiger partial charge is 0.348 e. The van der Waals surface area contributed by atoms with Crippen LogP contribution >= 0.6 is 0 Å². The molecule has 32 heavy (non-hydrogen) atoms. The fourth-order valence-electron chi connectivity index (χ4n) is 3.56. The maximum Gasteiger partial charge on any atom is 0.258 e. The Bertz CT molecular complexity index is 1180. The van der Waals surface area contributed by atoms with Crippen molar-refractivity contribution in [3.05, 3.63) is 71.6 Å². The molecule has 1 aromatic carbocycles. The van der Waals surface area contributed by atoms with Crippen LogP contribution in [0.3, 0.4) is 0 Å². The maximum absolute atomic E-state index is 14.6. The van der Waals surface area contributed by atoms with Gasteiger partial charge in [-0.1, -0.05) is 13.8 Å². The summed E-state index contributed by atoms with van der Waals surface area (Å²) in [5.41, 5.74) is 0.985. The minimum Gasteiger partial charge on any atom is -0.348 e. The number of halogens is 2. The van der Waals surface area contributed by atoms with E-state index in [1.807, 2.05) is 13.8 Å². The molecule has 7 nitrogen and oxygen atoms in total. The third-order valence-corrected chi connectivity index (χ3v) is 5.21. The van der Waals surface area contributed by atoms with Gasteiger partial charge >= 0.3 is 0 Å². The van der Waals surface area contributed by atoms with Gasteiger partial charge in [-0.25, -0.2) is 18.7 Å². The predicted molar refractivity (Wildman–Crippen MR) is 114 cm³/mol. The zero-order valence-corrected chi connectivity index (χ0v) is 17.5. The molecule has 0 bridgehead atoms. The molecular weight excluding hydrogens is 416 g/mol. The van der Waals surface area contributed by atoms with Crippen LogP contribution in [0.4, 0.5) is 14.5 Å². The number of pyridine rings is 1. The Morgan fingerprint density at radius 3 is 2.53 bits per heavy atom. The number of nitrogens with zero attached hydrogens (tertiary/aromatic N) is 3. The molecule has 1 atom stereocenters. The summed E-state index contributed by atoms with van der Waals surface area (Å²) < 4.78 is 28.5. The van der Waals surface area contributed by atoms with Crippen LogP contribution in [-0.2, 0) is 4.79 Å². The van der Waals surface area contributed by atoms with Crippen molar-refractivity contribution in [2.45, 2.75) is 38.6 Å². The molecule has 3 heterocycles. The Labute approximate surface area is 183 Å². The minimum absolute atomic E-state index is 0.0281. The number of anilines is 1. The van der Waals surface area contributed by atoms with Gasteiger partial charge in [0.25, 0.3) is 5.91 Å². The lowest BCUT2D eigenvalue weighted by Gasteiger charge is -2.19. The van der Waals surface area contributed by atoms with Gasteiger partial charge in [0.05, 0.1) is 23.0 Å². The van der Waals surface area contributed by atoms with Gasteiger partial charge in [-0.15, -0.1) is 0 Å². The number of amides is 2. The van der Waals surface area contributed by atoms with Crippen molar-refractivity contribution in [3.8, 4) is 11.1 Å². The van der Waals surface area contributed by atoms with Crippen LogP contribution in [0.2, 0.25) is 0 Å². The molecule has 0 radical (unpaired) electrons. The monoisotopic (exact) mass is 437 g/mol. The van der Waals surface area contributed by atoms with Crippen LogP contribution in [0.15, 0.2) is 42.9 Å². The first kappa shape index (κ1) is 21.5. The molecule has 1 fully saturated rings. The minimum atomic E-state index is -0.654. The number of carbonyl (C=O) groups excluding carboxylic acids is 2. The summed E-state index contributed by atoms with van der Waals surface area (Å²) in [6.07, 6.45) is 5.04. The normalized spacial score (nSPS) is 15.7. The molecule has 0 spiro atoms. The van der Waals surface area contributed by atoms with Gasteiger partial charge in [0, 0.05) is 42.1 Å². The summed E-state index contributed by atoms with van der Waals surface area (Å²) in [5.74, 6) is -1.25. The van der Waals surface area contributed by atoms with Crippen molar-refractivity contribution in [3.63, 3.8) is 0 Å². The van der Waals surface area contributed by atoms with Crippen molar-refractivity contribution in [1.82, 2.24) is 20.3 Å². The molecule has 2 aromatic heterocycles. The van der Waals surface area contributed by atoms with Crippen LogP contribution in [-0.4, -0.2) is 26.8 Å². The SMILES string of the molecule is CC(C)c1ncc(C(=O)Nc2c(-c3cc(F)ccc3F)ccnc2[C@H]2CCC(=O)N2)cn1. The first-order chi connectivity index (χ1) is 15.3. The average Bonchev–Trinajstić information content (AvgIpc) is 3.21. The zero-order valence-electron chi connectivity index (χ0n) is 17.5. The van der Waals surface area contributed by atoms with E-state index >= 15 is 0 Å². The van der Waals surface area contributed by atoms with Crippen molar-refractivity contribution in [1.29, 1.82) is 0 Å². The molecule has 1 aliphatic rings. The number of hydrogen-bond donors (Lipinski definition) is 2. The van der Waals surface area contributed by atoms with Gasteiger partial charge in [0.15, 0.2) is 0 Å². The molecule has 9 heteroatoms. The van der Waals surface area contributed by atoms with E-state index in [4.69, 9.17) is 0 Å². The number of benzene rings is 1. The predicted octanol–water partition coefficient (Wildman–Crippen LogP) is 4.14. The number of aromatic nitrogens is 3. The summed E-state index contributed by atoms with van der Waals surface area (Å²) in [4.78, 5) is 37.5. The smallest absolute Gasteiger partial charge is 0.258 e. The van der Waals surface area contributed by atoms with E-state index in [2.05, 4.69) is 25.6 Å². The van der Waals surface area contributed by atoms with Crippen molar-refractivity contribution < 1.29 is 18.4 Å². The van der Waals surface area contributed by atoms with Crippen LogP contribution in [0.1, 0.15) is 60.5 Å². The Morgan fingerprint density at radius 2 is 1.88 bits per heavy atom. The lowest BCUT2D eigenvalue weighted by atomic mass is 9.99. The van der Waals surface area contributed by atoms with Crippen LogP contribution in [0.5, 0.6) is 0 Å². The molecular formula is C23H21F2N5O2. The van der Waals surface area contributed by atoms with Gasteiger partial charge in [0.1, 0.15) is 17.5 Å². The topological polar surface area (TPSA) is 96.9 Å². The summed E-state index contributed by atoms with van der Waals surface area (Å²) in [6, 6.07) is 4.12. The Morgan fingerprint density at radius 1 is 1.12 bits per heavy atom. The van der Waals surface area contributed by atoms with E-state index in [0.717, 1.165) is 18.2 Å². The van der Waals surface area contributed by atoms with Gasteiger partial charge in [-0.3, -0.25) is 14.6 Å². The average molecular weight is 437 g/mol. The lowest BCUT2D eigenvalue weighted by Crippen LogP contribution is -2.22. The van der Waals surface area contributed by atoms with E-state index in [1.165, 1.54) is 24.7 Å². The second kappa shape index (κ2) is 8.78. The van der Waals surface area contributed by atoms with Crippen molar-refractivity contribution in [2.24, 2.45) is 0 Å². The van der Waals surface area contributed by atoms with Gasteiger partial charge in [-0.2, -0.15) is 0 Å². The maximum atomic E-state index is 14.6. The first-order valence-electron chi connectivity index (χ1n) is 10.2. The molecule has 2 amide bonds. The summed E-state index contributed by atoms with van der Waals surface area (Å²) in [6.45, 7) is 3.87. The Hall–Kier alpha value is -3.75. The highest BCUT2D eigenvalue weighted by Gasteiger charge is 2.28. The third kappa shape index (κ3) is 4.32. The molecule has 1 saturated heterocycles. The summed E-state index contributed by atoms with van der Waals surface area (Å²) >= 11 is 0. The van der Waals surface area contributed by atoms with Gasteiger partial charge in [-0.05, 0) is 30.7 Å². The van der Waals surface area contributed by atoms with Gasteiger partial charge < -0.3 is 10.6 Å². The molecule has 0 unspecified atom stereocenters. The Kier molecular flexibility index (Phi) is 5.89. The fourth-order valence-corrected chi connectivity index (χ4v) is 3.56. The second-order valence-electron chi connectivity index (χ2n) is 7.84. The highest BCUT2D eigenvalue weighted by molar-refractivity contribution is 6.06. The quantitative estimate of drug-likeness (QED) is 0.625. The Balaban J connectivity index is 1.78. The van der Waals surface area contributed by atoms with Crippen LogP contribution in [0.25, 0.3) is 11.1 Å². The molecule has 0 aliphatic carbocycles. The standard InChI is InChI=1S/C23H21F2N5O2/c1-12(2)22-27-10-13(11-28-22)23(32)30-20-15(16-9-14(24)3-4-17(16)25)7-8-26-21(20)18-5-6-19(31)29-18/h3-4,7-12,18H,5-6H2,1-2H3,(H,29,31)(H,30,32)/t18-/m1/s1. The molecule has 2 N–H and O–H groups in total. The lowest BCUT2D eigenvalue weighted by molar-refractivity contribution is -0.119. The van der Waals surface area contributed by atoms with Crippen LogP contribution < -0.4 is 10.6 Å². The third-order valence-electron chi connectivity index (χ3n) is 5.21. The number of carbonyl (C=O) groups is 2. The van der Waals surface area contributed by atoms with E-state index in [9.17, 15) is 18.4 Å². The molecule has 4 rings (SSSR count). The number of rotatable bonds is 5.